The van der Waals surface area contributed by atoms with Crippen LogP contribution in [0.3, 0.4) is 0 Å². The van der Waals surface area contributed by atoms with Crippen molar-refractivity contribution in [3.63, 3.8) is 0 Å². The zero-order valence-electron chi connectivity index (χ0n) is 14.1. The summed E-state index contributed by atoms with van der Waals surface area (Å²) in [7, 11) is 1.90. The van der Waals surface area contributed by atoms with E-state index in [-0.39, 0.29) is 6.10 Å². The average Bonchev–Trinajstić information content (AvgIpc) is 2.38. The smallest absolute Gasteiger partial charge is 0.222 e. The second-order valence-electron chi connectivity index (χ2n) is 7.16. The predicted molar refractivity (Wildman–Crippen MR) is 86.8 cm³/mol. The fourth-order valence-electron chi connectivity index (χ4n) is 3.69. The fourth-order valence-corrected chi connectivity index (χ4v) is 3.69. The maximum absolute atomic E-state index is 6.30. The molecule has 1 aromatic heterocycles. The van der Waals surface area contributed by atoms with Gasteiger partial charge in [-0.05, 0) is 37.0 Å². The van der Waals surface area contributed by atoms with Gasteiger partial charge in [-0.2, -0.15) is 0 Å². The third-order valence-electron chi connectivity index (χ3n) is 4.27. The Balaban J connectivity index is 2.18. The lowest BCUT2D eigenvalue weighted by atomic mass is 9.71. The minimum atomic E-state index is 0.263. The largest absolute Gasteiger partial charge is 0.474 e. The van der Waals surface area contributed by atoms with Crippen LogP contribution < -0.4 is 10.1 Å². The van der Waals surface area contributed by atoms with Gasteiger partial charge in [0.2, 0.25) is 5.88 Å². The molecule has 0 saturated heterocycles. The molecule has 4 heteroatoms. The lowest BCUT2D eigenvalue weighted by Gasteiger charge is -2.38. The van der Waals surface area contributed by atoms with Gasteiger partial charge in [-0.1, -0.05) is 34.1 Å². The summed E-state index contributed by atoms with van der Waals surface area (Å²) in [4.78, 5) is 8.71. The first-order valence-corrected chi connectivity index (χ1v) is 8.13. The van der Waals surface area contributed by atoms with Crippen molar-refractivity contribution in [2.75, 3.05) is 12.4 Å². The van der Waals surface area contributed by atoms with Gasteiger partial charge in [0, 0.05) is 7.05 Å². The van der Waals surface area contributed by atoms with E-state index in [9.17, 15) is 0 Å². The molecule has 0 aromatic carbocycles. The highest BCUT2D eigenvalue weighted by Gasteiger charge is 2.33. The van der Waals surface area contributed by atoms with Crippen molar-refractivity contribution in [2.45, 2.75) is 65.9 Å². The Morgan fingerprint density at radius 1 is 1.33 bits per heavy atom. The van der Waals surface area contributed by atoms with Crippen molar-refractivity contribution in [3.8, 4) is 5.88 Å². The highest BCUT2D eigenvalue weighted by Crippen LogP contribution is 2.40. The van der Waals surface area contributed by atoms with E-state index in [1.807, 2.05) is 7.05 Å². The van der Waals surface area contributed by atoms with Gasteiger partial charge in [-0.15, -0.1) is 0 Å². The third-order valence-corrected chi connectivity index (χ3v) is 4.27. The van der Waals surface area contributed by atoms with Crippen LogP contribution in [0.2, 0.25) is 0 Å². The van der Waals surface area contributed by atoms with Crippen LogP contribution in [0.15, 0.2) is 6.33 Å². The van der Waals surface area contributed by atoms with Crippen LogP contribution in [0.25, 0.3) is 0 Å². The molecule has 1 aliphatic carbocycles. The van der Waals surface area contributed by atoms with Crippen molar-refractivity contribution >= 4 is 5.82 Å². The molecule has 1 heterocycles. The van der Waals surface area contributed by atoms with E-state index in [1.165, 1.54) is 6.42 Å². The Morgan fingerprint density at radius 3 is 2.71 bits per heavy atom. The van der Waals surface area contributed by atoms with E-state index in [4.69, 9.17) is 4.74 Å². The summed E-state index contributed by atoms with van der Waals surface area (Å²) in [6.45, 7) is 9.17. The first-order chi connectivity index (χ1) is 9.95. The summed E-state index contributed by atoms with van der Waals surface area (Å²) < 4.78 is 6.30. The van der Waals surface area contributed by atoms with Crippen LogP contribution in [-0.2, 0) is 6.42 Å². The first kappa shape index (κ1) is 16.1. The van der Waals surface area contributed by atoms with Crippen molar-refractivity contribution in [1.29, 1.82) is 0 Å². The summed E-state index contributed by atoms with van der Waals surface area (Å²) >= 11 is 0. The summed E-state index contributed by atoms with van der Waals surface area (Å²) in [5.41, 5.74) is 1.46. The Morgan fingerprint density at radius 2 is 2.10 bits per heavy atom. The molecule has 0 amide bonds. The molecule has 1 N–H and O–H groups in total. The lowest BCUT2D eigenvalue weighted by Crippen LogP contribution is -2.34. The molecular formula is C17H29N3O. The summed E-state index contributed by atoms with van der Waals surface area (Å²) in [5, 5.41) is 3.15. The van der Waals surface area contributed by atoms with E-state index < -0.39 is 0 Å². The highest BCUT2D eigenvalue weighted by molar-refractivity contribution is 5.48. The molecule has 2 unspecified atom stereocenters. The Bertz CT molecular complexity index is 473. The molecule has 2 rings (SSSR count). The molecule has 1 aromatic rings. The van der Waals surface area contributed by atoms with Gasteiger partial charge < -0.3 is 10.1 Å². The van der Waals surface area contributed by atoms with Crippen LogP contribution >= 0.6 is 0 Å². The number of hydrogen-bond acceptors (Lipinski definition) is 4. The van der Waals surface area contributed by atoms with Crippen LogP contribution in [0, 0.1) is 11.3 Å². The number of hydrogen-bond donors (Lipinski definition) is 1. The monoisotopic (exact) mass is 291 g/mol. The summed E-state index contributed by atoms with van der Waals surface area (Å²) in [5.74, 6) is 2.37. The molecule has 0 spiro atoms. The predicted octanol–water partition coefficient (Wildman–Crippen LogP) is 4.06. The van der Waals surface area contributed by atoms with Crippen LogP contribution in [0.4, 0.5) is 5.82 Å². The van der Waals surface area contributed by atoms with Gasteiger partial charge in [0.25, 0.3) is 0 Å². The second kappa shape index (κ2) is 6.63. The van der Waals surface area contributed by atoms with Crippen molar-refractivity contribution in [2.24, 2.45) is 11.3 Å². The SMILES string of the molecule is CCCc1c(NC)ncnc1OC1CC(C)CC(C)(C)C1. The number of nitrogens with one attached hydrogen (secondary N) is 1. The zero-order valence-corrected chi connectivity index (χ0v) is 14.1. The highest BCUT2D eigenvalue weighted by atomic mass is 16.5. The van der Waals surface area contributed by atoms with E-state index in [0.29, 0.717) is 11.3 Å². The second-order valence-corrected chi connectivity index (χ2v) is 7.16. The summed E-state index contributed by atoms with van der Waals surface area (Å²) in [6, 6.07) is 0. The standard InChI is InChI=1S/C17H29N3O/c1-6-7-14-15(18-5)19-11-20-16(14)21-13-8-12(2)9-17(3,4)10-13/h11-13H,6-10H2,1-5H3,(H,18,19,20). The van der Waals surface area contributed by atoms with Gasteiger partial charge in [0.05, 0.1) is 5.56 Å². The van der Waals surface area contributed by atoms with E-state index in [2.05, 4.69) is 43.0 Å². The molecule has 2 atom stereocenters. The minimum Gasteiger partial charge on any atom is -0.474 e. The molecule has 1 saturated carbocycles. The van der Waals surface area contributed by atoms with Crippen molar-refractivity contribution in [1.82, 2.24) is 9.97 Å². The van der Waals surface area contributed by atoms with Gasteiger partial charge in [0.15, 0.2) is 0 Å². The lowest BCUT2D eigenvalue weighted by molar-refractivity contribution is 0.0525. The normalized spacial score (nSPS) is 24.6. The number of rotatable bonds is 5. The Labute approximate surface area is 128 Å². The molecule has 0 bridgehead atoms. The summed E-state index contributed by atoms with van der Waals surface area (Å²) in [6.07, 6.45) is 7.36. The van der Waals surface area contributed by atoms with Gasteiger partial charge in [-0.3, -0.25) is 0 Å². The first-order valence-electron chi connectivity index (χ1n) is 8.13. The molecule has 1 fully saturated rings. The molecule has 4 nitrogen and oxygen atoms in total. The quantitative estimate of drug-likeness (QED) is 0.888. The van der Waals surface area contributed by atoms with Crippen molar-refractivity contribution in [3.05, 3.63) is 11.9 Å². The topological polar surface area (TPSA) is 47.0 Å². The fraction of sp³-hybridized carbons (Fsp3) is 0.765. The van der Waals surface area contributed by atoms with Gasteiger partial charge >= 0.3 is 0 Å². The van der Waals surface area contributed by atoms with Crippen LogP contribution in [-0.4, -0.2) is 23.1 Å². The molecular weight excluding hydrogens is 262 g/mol. The molecule has 1 aliphatic rings. The molecule has 0 aliphatic heterocycles. The molecule has 118 valence electrons. The van der Waals surface area contributed by atoms with Crippen LogP contribution in [0.1, 0.15) is 58.9 Å². The van der Waals surface area contributed by atoms with Crippen molar-refractivity contribution < 1.29 is 4.74 Å². The third kappa shape index (κ3) is 4.08. The molecule has 21 heavy (non-hydrogen) atoms. The number of anilines is 1. The Kier molecular flexibility index (Phi) is 5.07. The number of aromatic nitrogens is 2. The number of ether oxygens (including phenoxy) is 1. The molecule has 0 radical (unpaired) electrons. The number of nitrogens with zero attached hydrogens (tertiary/aromatic N) is 2. The minimum absolute atomic E-state index is 0.263. The van der Waals surface area contributed by atoms with Crippen LogP contribution in [0.5, 0.6) is 5.88 Å². The van der Waals surface area contributed by atoms with E-state index in [0.717, 1.165) is 42.9 Å². The Hall–Kier alpha value is -1.32. The maximum atomic E-state index is 6.30. The van der Waals surface area contributed by atoms with Gasteiger partial charge in [-0.25, -0.2) is 9.97 Å². The zero-order chi connectivity index (χ0) is 15.5. The van der Waals surface area contributed by atoms with Gasteiger partial charge in [0.1, 0.15) is 18.2 Å². The maximum Gasteiger partial charge on any atom is 0.222 e. The van der Waals surface area contributed by atoms with E-state index in [1.54, 1.807) is 6.33 Å². The average molecular weight is 291 g/mol. The van der Waals surface area contributed by atoms with E-state index >= 15 is 0 Å².